The second-order valence-electron chi connectivity index (χ2n) is 6.45. The molecule has 2 aromatic rings. The van der Waals surface area contributed by atoms with Crippen molar-refractivity contribution in [2.45, 2.75) is 45.3 Å². The Kier molecular flexibility index (Phi) is 4.72. The van der Waals surface area contributed by atoms with E-state index >= 15 is 0 Å². The fraction of sp³-hybridized carbons (Fsp3) is 0.400. The smallest absolute Gasteiger partial charge is 0.0240 e. The zero-order valence-corrected chi connectivity index (χ0v) is 12.9. The van der Waals surface area contributed by atoms with Gasteiger partial charge in [-0.1, -0.05) is 67.6 Å². The molecule has 0 aliphatic heterocycles. The molecule has 1 aliphatic rings. The third-order valence-electron chi connectivity index (χ3n) is 4.64. The Balaban J connectivity index is 1.74. The van der Waals surface area contributed by atoms with Crippen molar-refractivity contribution in [2.75, 3.05) is 0 Å². The average molecular weight is 279 g/mol. The third-order valence-corrected chi connectivity index (χ3v) is 4.64. The molecule has 1 nitrogen and oxygen atoms in total. The highest BCUT2D eigenvalue weighted by atomic mass is 15.2. The minimum atomic E-state index is 0.736. The van der Waals surface area contributed by atoms with Gasteiger partial charge in [-0.05, 0) is 36.3 Å². The van der Waals surface area contributed by atoms with Gasteiger partial charge in [0.1, 0.15) is 0 Å². The van der Waals surface area contributed by atoms with Gasteiger partial charge in [0.05, 0.1) is 0 Å². The van der Waals surface area contributed by atoms with Crippen molar-refractivity contribution in [3.05, 3.63) is 71.8 Å². The van der Waals surface area contributed by atoms with E-state index in [4.69, 9.17) is 0 Å². The number of nitrogens with zero attached hydrogens (tertiary/aromatic N) is 1. The fourth-order valence-electron chi connectivity index (χ4n) is 3.46. The average Bonchev–Trinajstić information content (AvgIpc) is 2.95. The molecule has 1 fully saturated rings. The van der Waals surface area contributed by atoms with Crippen LogP contribution in [0.2, 0.25) is 0 Å². The molecule has 1 saturated carbocycles. The zero-order valence-electron chi connectivity index (χ0n) is 12.9. The Morgan fingerprint density at radius 2 is 1.33 bits per heavy atom. The standard InChI is InChI=1S/C20H25N/c1-17-12-13-20(14-17)21(15-18-8-4-2-5-9-18)16-19-10-6-3-7-11-19/h2-11,17,20H,12-16H2,1H3. The lowest BCUT2D eigenvalue weighted by molar-refractivity contribution is 0.177. The predicted octanol–water partition coefficient (Wildman–Crippen LogP) is 4.88. The first-order valence-corrected chi connectivity index (χ1v) is 8.13. The summed E-state index contributed by atoms with van der Waals surface area (Å²) in [5.74, 6) is 0.879. The first-order valence-electron chi connectivity index (χ1n) is 8.13. The van der Waals surface area contributed by atoms with Gasteiger partial charge in [0, 0.05) is 19.1 Å². The van der Waals surface area contributed by atoms with Gasteiger partial charge < -0.3 is 0 Å². The van der Waals surface area contributed by atoms with Gasteiger partial charge in [-0.2, -0.15) is 0 Å². The number of rotatable bonds is 5. The second kappa shape index (κ2) is 6.91. The van der Waals surface area contributed by atoms with E-state index in [1.807, 2.05) is 0 Å². The molecule has 0 saturated heterocycles. The van der Waals surface area contributed by atoms with Gasteiger partial charge in [-0.15, -0.1) is 0 Å². The van der Waals surface area contributed by atoms with E-state index in [-0.39, 0.29) is 0 Å². The molecule has 0 bridgehead atoms. The van der Waals surface area contributed by atoms with E-state index in [0.717, 1.165) is 25.0 Å². The minimum Gasteiger partial charge on any atom is -0.292 e. The van der Waals surface area contributed by atoms with Crippen LogP contribution in [-0.4, -0.2) is 10.9 Å². The normalized spacial score (nSPS) is 21.8. The Bertz CT molecular complexity index is 493. The Hall–Kier alpha value is -1.60. The van der Waals surface area contributed by atoms with Gasteiger partial charge in [0.25, 0.3) is 0 Å². The third kappa shape index (κ3) is 3.95. The molecule has 21 heavy (non-hydrogen) atoms. The quantitative estimate of drug-likeness (QED) is 0.754. The summed E-state index contributed by atoms with van der Waals surface area (Å²) in [6.07, 6.45) is 4.07. The van der Waals surface area contributed by atoms with Crippen LogP contribution in [0.1, 0.15) is 37.3 Å². The minimum absolute atomic E-state index is 0.736. The van der Waals surface area contributed by atoms with Crippen molar-refractivity contribution in [1.82, 2.24) is 4.90 Å². The first kappa shape index (κ1) is 14.3. The Morgan fingerprint density at radius 3 is 1.76 bits per heavy atom. The summed E-state index contributed by atoms with van der Waals surface area (Å²) in [7, 11) is 0. The maximum atomic E-state index is 2.67. The van der Waals surface area contributed by atoms with Crippen LogP contribution >= 0.6 is 0 Å². The molecule has 2 atom stereocenters. The van der Waals surface area contributed by atoms with Crippen molar-refractivity contribution < 1.29 is 0 Å². The molecule has 0 heterocycles. The molecule has 2 aromatic carbocycles. The SMILES string of the molecule is CC1CCC(N(Cc2ccccc2)Cc2ccccc2)C1. The molecule has 0 radical (unpaired) electrons. The summed E-state index contributed by atoms with van der Waals surface area (Å²) in [4.78, 5) is 2.67. The molecule has 0 spiro atoms. The van der Waals surface area contributed by atoms with Gasteiger partial charge in [0.2, 0.25) is 0 Å². The van der Waals surface area contributed by atoms with E-state index in [1.165, 1.54) is 30.4 Å². The number of hydrogen-bond donors (Lipinski definition) is 0. The highest BCUT2D eigenvalue weighted by Crippen LogP contribution is 2.30. The van der Waals surface area contributed by atoms with Crippen molar-refractivity contribution in [1.29, 1.82) is 0 Å². The summed E-state index contributed by atoms with van der Waals surface area (Å²) >= 11 is 0. The molecule has 0 amide bonds. The van der Waals surface area contributed by atoms with Crippen LogP contribution in [0.3, 0.4) is 0 Å². The summed E-state index contributed by atoms with van der Waals surface area (Å²) in [6.45, 7) is 4.52. The van der Waals surface area contributed by atoms with Gasteiger partial charge in [0.15, 0.2) is 0 Å². The lowest BCUT2D eigenvalue weighted by Crippen LogP contribution is -2.32. The molecule has 1 aliphatic carbocycles. The summed E-state index contributed by atoms with van der Waals surface area (Å²) in [5.41, 5.74) is 2.85. The van der Waals surface area contributed by atoms with Crippen LogP contribution in [0.25, 0.3) is 0 Å². The van der Waals surface area contributed by atoms with Crippen molar-refractivity contribution in [2.24, 2.45) is 5.92 Å². The predicted molar refractivity (Wildman–Crippen MR) is 88.9 cm³/mol. The fourth-order valence-corrected chi connectivity index (χ4v) is 3.46. The molecule has 2 unspecified atom stereocenters. The lowest BCUT2D eigenvalue weighted by atomic mass is 10.1. The van der Waals surface area contributed by atoms with Crippen LogP contribution in [0, 0.1) is 5.92 Å². The van der Waals surface area contributed by atoms with Gasteiger partial charge in [-0.3, -0.25) is 4.90 Å². The molecule has 0 N–H and O–H groups in total. The Labute approximate surface area is 128 Å². The maximum Gasteiger partial charge on any atom is 0.0240 e. The van der Waals surface area contributed by atoms with Gasteiger partial charge in [-0.25, -0.2) is 0 Å². The van der Waals surface area contributed by atoms with E-state index in [9.17, 15) is 0 Å². The zero-order chi connectivity index (χ0) is 14.5. The molecule has 1 heteroatoms. The van der Waals surface area contributed by atoms with Crippen LogP contribution in [0.4, 0.5) is 0 Å². The second-order valence-corrected chi connectivity index (χ2v) is 6.45. The molecule has 110 valence electrons. The molecule has 0 aromatic heterocycles. The van der Waals surface area contributed by atoms with Crippen LogP contribution < -0.4 is 0 Å². The van der Waals surface area contributed by atoms with E-state index in [2.05, 4.69) is 72.5 Å². The van der Waals surface area contributed by atoms with Crippen molar-refractivity contribution >= 4 is 0 Å². The Morgan fingerprint density at radius 1 is 0.810 bits per heavy atom. The topological polar surface area (TPSA) is 3.24 Å². The van der Waals surface area contributed by atoms with E-state index in [1.54, 1.807) is 0 Å². The molecule has 3 rings (SSSR count). The van der Waals surface area contributed by atoms with E-state index in [0.29, 0.717) is 0 Å². The summed E-state index contributed by atoms with van der Waals surface area (Å²) < 4.78 is 0. The van der Waals surface area contributed by atoms with Crippen molar-refractivity contribution in [3.63, 3.8) is 0 Å². The largest absolute Gasteiger partial charge is 0.292 e. The van der Waals surface area contributed by atoms with Crippen LogP contribution in [0.5, 0.6) is 0 Å². The van der Waals surface area contributed by atoms with Gasteiger partial charge >= 0.3 is 0 Å². The highest BCUT2D eigenvalue weighted by molar-refractivity contribution is 5.17. The van der Waals surface area contributed by atoms with Crippen LogP contribution in [0.15, 0.2) is 60.7 Å². The first-order chi connectivity index (χ1) is 10.3. The maximum absolute atomic E-state index is 2.67. The number of hydrogen-bond acceptors (Lipinski definition) is 1. The monoisotopic (exact) mass is 279 g/mol. The van der Waals surface area contributed by atoms with Crippen molar-refractivity contribution in [3.8, 4) is 0 Å². The lowest BCUT2D eigenvalue weighted by Gasteiger charge is -2.29. The summed E-state index contributed by atoms with van der Waals surface area (Å²) in [5, 5.41) is 0. The summed E-state index contributed by atoms with van der Waals surface area (Å²) in [6, 6.07) is 22.5. The molecular weight excluding hydrogens is 254 g/mol. The number of benzene rings is 2. The van der Waals surface area contributed by atoms with E-state index < -0.39 is 0 Å². The van der Waals surface area contributed by atoms with Crippen LogP contribution in [-0.2, 0) is 13.1 Å². The highest BCUT2D eigenvalue weighted by Gasteiger charge is 2.26. The molecular formula is C20H25N.